The first-order chi connectivity index (χ1) is 34.3. The summed E-state index contributed by atoms with van der Waals surface area (Å²) in [4.78, 5) is 0. The second-order valence-electron chi connectivity index (χ2n) is 29.5. The van der Waals surface area contributed by atoms with Crippen LogP contribution in [0.4, 0.5) is 0 Å². The van der Waals surface area contributed by atoms with Gasteiger partial charge in [-0.25, -0.2) is 0 Å². The average molecular weight is 1050 g/mol. The molecule has 2 aromatic heterocycles. The number of fused-ring (bicyclic) bond motifs is 8. The highest BCUT2D eigenvalue weighted by molar-refractivity contribution is 7.46. The van der Waals surface area contributed by atoms with Crippen LogP contribution in [0, 0.1) is 6.92 Å². The van der Waals surface area contributed by atoms with Crippen LogP contribution in [-0.2, 0) is 43.3 Å². The maximum absolute atomic E-state index is 7.65. The zero-order chi connectivity index (χ0) is 55.3. The minimum atomic E-state index is -1.84. The van der Waals surface area contributed by atoms with Gasteiger partial charge in [0.25, 0.3) is 16.0 Å². The summed E-state index contributed by atoms with van der Waals surface area (Å²) in [5, 5.41) is 6.05. The molecule has 6 aromatic carbocycles. The molecule has 0 aliphatic carbocycles. The number of aryl methyl sites for hydroxylation is 1. The predicted molar refractivity (Wildman–Crippen MR) is 323 cm³/mol. The van der Waals surface area contributed by atoms with E-state index in [2.05, 4.69) is 251 Å². The molecule has 8 aromatic rings. The summed E-state index contributed by atoms with van der Waals surface area (Å²) in [5.41, 5.74) is 13.6. The Kier molecular flexibility index (Phi) is 12.9. The van der Waals surface area contributed by atoms with Crippen molar-refractivity contribution in [2.45, 2.75) is 209 Å². The second kappa shape index (κ2) is 17.7. The van der Waals surface area contributed by atoms with Crippen LogP contribution in [0.3, 0.4) is 0 Å². The zero-order valence-electron chi connectivity index (χ0n) is 50.0. The minimum Gasteiger partial charge on any atom is -0.454 e. The first kappa shape index (κ1) is 54.7. The smallest absolute Gasteiger partial charge is 0.256 e. The molecule has 398 valence electrons. The largest absolute Gasteiger partial charge is 0.454 e. The third-order valence-electron chi connectivity index (χ3n) is 15.6. The highest BCUT2D eigenvalue weighted by Gasteiger charge is 2.40. The number of para-hydroxylation sites is 2. The van der Waals surface area contributed by atoms with Crippen LogP contribution in [0.2, 0.25) is 0 Å². The molecular weight excluding hydrogens is 959 g/mol. The van der Waals surface area contributed by atoms with Gasteiger partial charge in [0, 0.05) is 54.8 Å². The van der Waals surface area contributed by atoms with Crippen LogP contribution in [0.5, 0.6) is 11.5 Å². The fraction of sp³-hybridized carbons (Fsp3) is 0.471. The minimum absolute atomic E-state index is 0.0841. The molecule has 9 rings (SSSR count). The summed E-state index contributed by atoms with van der Waals surface area (Å²) in [6.07, 6.45) is 0. The maximum Gasteiger partial charge on any atom is 0.256 e. The lowest BCUT2D eigenvalue weighted by Crippen LogP contribution is -2.24. The Morgan fingerprint density at radius 2 is 0.627 bits per heavy atom. The van der Waals surface area contributed by atoms with Crippen molar-refractivity contribution in [2.75, 3.05) is 0 Å². The lowest BCUT2D eigenvalue weighted by Gasteiger charge is -2.35. The quantitative estimate of drug-likeness (QED) is 0.173. The molecule has 1 unspecified atom stereocenters. The summed E-state index contributed by atoms with van der Waals surface area (Å²) < 4.78 is 37.9. The molecule has 1 aliphatic heterocycles. The predicted octanol–water partition coefficient (Wildman–Crippen LogP) is 22.7. The van der Waals surface area contributed by atoms with Crippen molar-refractivity contribution in [1.82, 2.24) is 0 Å². The zero-order valence-corrected chi connectivity index (χ0v) is 51.8. The Bertz CT molecular complexity index is 3600. The third-order valence-corrected chi connectivity index (χ3v) is 18.5. The number of hydrogen-bond acceptors (Lipinski definition) is 5. The van der Waals surface area contributed by atoms with E-state index in [1.54, 1.807) is 0 Å². The van der Waals surface area contributed by atoms with Gasteiger partial charge >= 0.3 is 0 Å². The van der Waals surface area contributed by atoms with E-state index in [0.29, 0.717) is 0 Å². The van der Waals surface area contributed by atoms with Crippen LogP contribution in [0.15, 0.2) is 102 Å². The van der Waals surface area contributed by atoms with E-state index in [1.807, 2.05) is 0 Å². The highest BCUT2D eigenvalue weighted by Crippen LogP contribution is 2.61. The van der Waals surface area contributed by atoms with Gasteiger partial charge in [0.1, 0.15) is 44.4 Å². The van der Waals surface area contributed by atoms with Gasteiger partial charge in [-0.3, -0.25) is 0 Å². The van der Waals surface area contributed by atoms with Crippen molar-refractivity contribution in [3.63, 3.8) is 0 Å². The van der Waals surface area contributed by atoms with Gasteiger partial charge in [-0.05, 0) is 109 Å². The molecule has 5 nitrogen and oxygen atoms in total. The Labute approximate surface area is 451 Å². The second-order valence-corrected chi connectivity index (χ2v) is 32.3. The molecule has 0 bridgehead atoms. The van der Waals surface area contributed by atoms with E-state index in [1.165, 1.54) is 22.3 Å². The normalized spacial score (nSPS) is 14.9. The number of hydrogen-bond donors (Lipinski definition) is 0. The third kappa shape index (κ3) is 9.86. The summed E-state index contributed by atoms with van der Waals surface area (Å²) in [6, 6.07) is 31.9. The molecule has 0 radical (unpaired) electrons. The maximum atomic E-state index is 7.65. The summed E-state index contributed by atoms with van der Waals surface area (Å²) in [6.45, 7) is 55.0. The van der Waals surface area contributed by atoms with Crippen molar-refractivity contribution in [1.29, 1.82) is 0 Å². The Hall–Kier alpha value is -5.08. The molecule has 0 N–H and O–H groups in total. The molecule has 1 atom stereocenters. The van der Waals surface area contributed by atoms with Crippen LogP contribution in [0.25, 0.3) is 54.5 Å². The molecule has 0 amide bonds. The molecule has 0 spiro atoms. The summed E-state index contributed by atoms with van der Waals surface area (Å²) >= 11 is 0. The first-order valence-electron chi connectivity index (χ1n) is 27.3. The van der Waals surface area contributed by atoms with Gasteiger partial charge in [0.15, 0.2) is 0 Å². The number of benzene rings is 6. The van der Waals surface area contributed by atoms with E-state index >= 15 is 0 Å². The fourth-order valence-corrected chi connectivity index (χ4v) is 13.7. The molecule has 75 heavy (non-hydrogen) atoms. The molecule has 3 heterocycles. The molecule has 0 saturated heterocycles. The van der Waals surface area contributed by atoms with Crippen LogP contribution < -0.4 is 4.74 Å². The van der Waals surface area contributed by atoms with Gasteiger partial charge in [0.05, 0.1) is 0 Å². The van der Waals surface area contributed by atoms with Crippen molar-refractivity contribution in [3.8, 4) is 22.1 Å². The van der Waals surface area contributed by atoms with E-state index in [-0.39, 0.29) is 37.9 Å². The van der Waals surface area contributed by atoms with E-state index in [9.17, 15) is 0 Å². The molecule has 1 aliphatic rings. The van der Waals surface area contributed by atoms with Crippen LogP contribution >= 0.6 is 16.0 Å². The van der Waals surface area contributed by atoms with Gasteiger partial charge in [-0.2, -0.15) is 0 Å². The van der Waals surface area contributed by atoms with Gasteiger partial charge in [0.2, 0.25) is 0 Å². The average Bonchev–Trinajstić information content (AvgIpc) is 3.54. The van der Waals surface area contributed by atoms with Gasteiger partial charge in [-0.15, -0.1) is 0 Å². The molecule has 0 fully saturated rings. The SMILES string of the molecule is Cc1cc(C(C)(C)C)cc2c1op(-c1cccc3c1Oc1c(-p4oc5c(C(C)(C)C)cc(C(C)(C)C)cc5c5cc(C(C)(C)C)cc(C(C)(C)C)c5o4)cccc1C3(C)C)oc1c(C(C)(C)C)cc(C(C)(C)C)cc12. The van der Waals surface area contributed by atoms with Gasteiger partial charge < -0.3 is 21.5 Å². The van der Waals surface area contributed by atoms with Crippen LogP contribution in [0.1, 0.15) is 215 Å². The first-order valence-corrected chi connectivity index (χ1v) is 29.6. The molecule has 7 heteroatoms. The van der Waals surface area contributed by atoms with Crippen molar-refractivity contribution in [2.24, 2.45) is 0 Å². The highest BCUT2D eigenvalue weighted by atomic mass is 31.1. The molecule has 0 saturated carbocycles. The Balaban J connectivity index is 1.40. The Morgan fingerprint density at radius 3 is 0.920 bits per heavy atom. The lowest BCUT2D eigenvalue weighted by atomic mass is 9.76. The van der Waals surface area contributed by atoms with Gasteiger partial charge in [-0.1, -0.05) is 208 Å². The number of ether oxygens (including phenoxy) is 1. The van der Waals surface area contributed by atoms with E-state index < -0.39 is 21.4 Å². The fourth-order valence-electron chi connectivity index (χ4n) is 10.6. The van der Waals surface area contributed by atoms with Crippen LogP contribution in [-0.4, -0.2) is 0 Å². The monoisotopic (exact) mass is 1040 g/mol. The number of rotatable bonds is 2. The summed E-state index contributed by atoms with van der Waals surface area (Å²) in [5.74, 6) is 1.51. The Morgan fingerprint density at radius 1 is 0.347 bits per heavy atom. The summed E-state index contributed by atoms with van der Waals surface area (Å²) in [7, 11) is -3.65. The lowest BCUT2D eigenvalue weighted by molar-refractivity contribution is 0.422. The van der Waals surface area contributed by atoms with Crippen molar-refractivity contribution in [3.05, 3.63) is 141 Å². The van der Waals surface area contributed by atoms with Crippen molar-refractivity contribution >= 4 is 59.9 Å². The van der Waals surface area contributed by atoms with E-state index in [0.717, 1.165) is 99.4 Å². The molecular formula is C68H86O5P2. The standard InChI is InChI=1S/C68H86O5P2/c1-39-31-40(61(2,3)4)32-44-45-33-41(62(5,6)7)36-50(65(14,15)16)56(45)71-74(70-55(39)44)53-29-25-27-48-59(53)69-60-49(68(48,23)24)28-26-30-54(60)75-72-57-46(34-42(63(8,9)10)37-51(57)66(17,18)19)47-35-43(64(11,12)13)38-52(58(47)73-75)67(20,21)22/h25-38H,1-24H3. The topological polar surface area (TPSA) is 61.8 Å². The van der Waals surface area contributed by atoms with E-state index in [4.69, 9.17) is 21.5 Å². The van der Waals surface area contributed by atoms with Crippen molar-refractivity contribution < 1.29 is 21.5 Å².